The third-order valence-corrected chi connectivity index (χ3v) is 2.66. The van der Waals surface area contributed by atoms with E-state index in [0.717, 1.165) is 22.4 Å². The van der Waals surface area contributed by atoms with Gasteiger partial charge >= 0.3 is 0 Å². The summed E-state index contributed by atoms with van der Waals surface area (Å²) in [6.45, 7) is 2.07. The van der Waals surface area contributed by atoms with Crippen molar-refractivity contribution < 1.29 is 0 Å². The normalized spacial score (nSPS) is 10.6. The maximum atomic E-state index is 4.06. The molecule has 2 aromatic carbocycles. The summed E-state index contributed by atoms with van der Waals surface area (Å²) in [7, 11) is 0. The van der Waals surface area contributed by atoms with Crippen molar-refractivity contribution in [3.8, 4) is 0 Å². The lowest BCUT2D eigenvalue weighted by Gasteiger charge is -2.06. The van der Waals surface area contributed by atoms with Crippen LogP contribution in [-0.2, 0) is 0 Å². The van der Waals surface area contributed by atoms with Gasteiger partial charge in [-0.3, -0.25) is 0 Å². The van der Waals surface area contributed by atoms with Crippen LogP contribution in [0.3, 0.4) is 0 Å². The van der Waals surface area contributed by atoms with Gasteiger partial charge in [-0.2, -0.15) is 15.4 Å². The van der Waals surface area contributed by atoms with Gasteiger partial charge in [-0.1, -0.05) is 17.7 Å². The van der Waals surface area contributed by atoms with Crippen LogP contribution in [0.1, 0.15) is 5.56 Å². The molecule has 0 aliphatic heterocycles. The van der Waals surface area contributed by atoms with Gasteiger partial charge in [0.15, 0.2) is 0 Å². The Kier molecular flexibility index (Phi) is 2.26. The molecule has 4 nitrogen and oxygen atoms in total. The van der Waals surface area contributed by atoms with Gasteiger partial charge < -0.3 is 5.32 Å². The molecule has 1 aromatic heterocycles. The number of aryl methyl sites for hydroxylation is 1. The van der Waals surface area contributed by atoms with Gasteiger partial charge in [-0.05, 0) is 37.3 Å². The van der Waals surface area contributed by atoms with Crippen molar-refractivity contribution in [1.82, 2.24) is 15.4 Å². The third-order valence-electron chi connectivity index (χ3n) is 2.66. The Morgan fingerprint density at radius 2 is 1.59 bits per heavy atom. The van der Waals surface area contributed by atoms with Crippen LogP contribution in [0.15, 0.2) is 42.5 Å². The Morgan fingerprint density at radius 1 is 0.882 bits per heavy atom. The first kappa shape index (κ1) is 9.84. The molecule has 2 N–H and O–H groups in total. The molecule has 0 unspecified atom stereocenters. The number of hydrogen-bond acceptors (Lipinski definition) is 3. The lowest BCUT2D eigenvalue weighted by atomic mass is 10.2. The van der Waals surface area contributed by atoms with Crippen molar-refractivity contribution in [3.05, 3.63) is 48.0 Å². The van der Waals surface area contributed by atoms with Crippen LogP contribution in [-0.4, -0.2) is 15.4 Å². The van der Waals surface area contributed by atoms with E-state index in [0.29, 0.717) is 0 Å². The number of aromatic amines is 1. The van der Waals surface area contributed by atoms with E-state index in [1.807, 2.05) is 18.2 Å². The number of H-pyrrole nitrogens is 1. The first-order valence-corrected chi connectivity index (χ1v) is 5.45. The fourth-order valence-corrected chi connectivity index (χ4v) is 1.72. The van der Waals surface area contributed by atoms with E-state index >= 15 is 0 Å². The molecule has 0 amide bonds. The van der Waals surface area contributed by atoms with Crippen LogP contribution < -0.4 is 5.32 Å². The third kappa shape index (κ3) is 1.97. The average molecular weight is 224 g/mol. The number of anilines is 2. The number of rotatable bonds is 2. The molecular weight excluding hydrogens is 212 g/mol. The molecule has 0 fully saturated rings. The van der Waals surface area contributed by atoms with Crippen LogP contribution in [0.4, 0.5) is 11.4 Å². The number of fused-ring (bicyclic) bond motifs is 1. The quantitative estimate of drug-likeness (QED) is 0.703. The molecule has 3 rings (SSSR count). The van der Waals surface area contributed by atoms with Gasteiger partial charge in [-0.15, -0.1) is 0 Å². The molecule has 0 saturated carbocycles. The molecule has 0 bridgehead atoms. The molecule has 0 spiro atoms. The molecule has 4 heteroatoms. The SMILES string of the molecule is Cc1ccc(Nc2ccc3n[nH]nc3c2)cc1. The highest BCUT2D eigenvalue weighted by Crippen LogP contribution is 2.20. The zero-order valence-corrected chi connectivity index (χ0v) is 9.44. The molecule has 3 aromatic rings. The smallest absolute Gasteiger partial charge is 0.115 e. The van der Waals surface area contributed by atoms with E-state index in [9.17, 15) is 0 Å². The van der Waals surface area contributed by atoms with E-state index in [1.165, 1.54) is 5.56 Å². The largest absolute Gasteiger partial charge is 0.355 e. The highest BCUT2D eigenvalue weighted by atomic mass is 15.3. The minimum absolute atomic E-state index is 0.863. The molecule has 84 valence electrons. The highest BCUT2D eigenvalue weighted by molar-refractivity contribution is 5.79. The standard InChI is InChI=1S/C13H12N4/c1-9-2-4-10(5-3-9)14-11-6-7-12-13(8-11)16-17-15-12/h2-8,14H,1H3,(H,15,16,17). The second-order valence-corrected chi connectivity index (χ2v) is 4.02. The Hall–Kier alpha value is -2.36. The lowest BCUT2D eigenvalue weighted by Crippen LogP contribution is -1.89. The summed E-state index contributed by atoms with van der Waals surface area (Å²) < 4.78 is 0. The van der Waals surface area contributed by atoms with Crippen LogP contribution >= 0.6 is 0 Å². The number of nitrogens with one attached hydrogen (secondary N) is 2. The van der Waals surface area contributed by atoms with Crippen molar-refractivity contribution in [3.63, 3.8) is 0 Å². The molecule has 0 atom stereocenters. The van der Waals surface area contributed by atoms with Crippen LogP contribution in [0.2, 0.25) is 0 Å². The van der Waals surface area contributed by atoms with Crippen molar-refractivity contribution in [2.45, 2.75) is 6.92 Å². The number of aromatic nitrogens is 3. The van der Waals surface area contributed by atoms with Crippen LogP contribution in [0.25, 0.3) is 11.0 Å². The van der Waals surface area contributed by atoms with Crippen molar-refractivity contribution in [2.75, 3.05) is 5.32 Å². The zero-order chi connectivity index (χ0) is 11.7. The number of nitrogens with zero attached hydrogens (tertiary/aromatic N) is 2. The second-order valence-electron chi connectivity index (χ2n) is 4.02. The van der Waals surface area contributed by atoms with Crippen molar-refractivity contribution in [1.29, 1.82) is 0 Å². The summed E-state index contributed by atoms with van der Waals surface area (Å²) in [4.78, 5) is 0. The molecule has 17 heavy (non-hydrogen) atoms. The minimum Gasteiger partial charge on any atom is -0.355 e. The molecule has 0 aliphatic rings. The van der Waals surface area contributed by atoms with Crippen molar-refractivity contribution >= 4 is 22.4 Å². The topological polar surface area (TPSA) is 53.6 Å². The summed E-state index contributed by atoms with van der Waals surface area (Å²) in [5, 5.41) is 14.0. The van der Waals surface area contributed by atoms with Gasteiger partial charge in [-0.25, -0.2) is 0 Å². The predicted molar refractivity (Wildman–Crippen MR) is 68.4 cm³/mol. The summed E-state index contributed by atoms with van der Waals surface area (Å²) in [5.74, 6) is 0. The van der Waals surface area contributed by atoms with Gasteiger partial charge in [0.1, 0.15) is 11.0 Å². The highest BCUT2D eigenvalue weighted by Gasteiger charge is 2.00. The minimum atomic E-state index is 0.863. The maximum absolute atomic E-state index is 4.06. The van der Waals surface area contributed by atoms with Gasteiger partial charge in [0.25, 0.3) is 0 Å². The van der Waals surface area contributed by atoms with E-state index in [2.05, 4.69) is 51.9 Å². The molecular formula is C13H12N4. The first-order chi connectivity index (χ1) is 8.31. The predicted octanol–water partition coefficient (Wildman–Crippen LogP) is 3.01. The monoisotopic (exact) mass is 224 g/mol. The Labute approximate surface area is 98.7 Å². The summed E-state index contributed by atoms with van der Waals surface area (Å²) >= 11 is 0. The fraction of sp³-hybridized carbons (Fsp3) is 0.0769. The number of benzene rings is 2. The Balaban J connectivity index is 1.91. The Morgan fingerprint density at radius 3 is 2.41 bits per heavy atom. The molecule has 0 saturated heterocycles. The van der Waals surface area contributed by atoms with Crippen LogP contribution in [0.5, 0.6) is 0 Å². The lowest BCUT2D eigenvalue weighted by molar-refractivity contribution is 0.959. The van der Waals surface area contributed by atoms with E-state index in [4.69, 9.17) is 0 Å². The fourth-order valence-electron chi connectivity index (χ4n) is 1.72. The Bertz CT molecular complexity index is 640. The van der Waals surface area contributed by atoms with Crippen LogP contribution in [0, 0.1) is 6.92 Å². The molecule has 0 radical (unpaired) electrons. The molecule has 1 heterocycles. The van der Waals surface area contributed by atoms with Gasteiger partial charge in [0, 0.05) is 11.4 Å². The van der Waals surface area contributed by atoms with Gasteiger partial charge in [0.2, 0.25) is 0 Å². The summed E-state index contributed by atoms with van der Waals surface area (Å²) in [5.41, 5.74) is 5.07. The molecule has 0 aliphatic carbocycles. The van der Waals surface area contributed by atoms with Gasteiger partial charge in [0.05, 0.1) is 0 Å². The van der Waals surface area contributed by atoms with Crippen molar-refractivity contribution in [2.24, 2.45) is 0 Å². The summed E-state index contributed by atoms with van der Waals surface area (Å²) in [6, 6.07) is 14.2. The van der Waals surface area contributed by atoms with E-state index in [1.54, 1.807) is 0 Å². The average Bonchev–Trinajstić information content (AvgIpc) is 2.79. The van der Waals surface area contributed by atoms with E-state index in [-0.39, 0.29) is 0 Å². The zero-order valence-electron chi connectivity index (χ0n) is 9.44. The number of hydrogen-bond donors (Lipinski definition) is 2. The summed E-state index contributed by atoms with van der Waals surface area (Å²) in [6.07, 6.45) is 0. The first-order valence-electron chi connectivity index (χ1n) is 5.45. The van der Waals surface area contributed by atoms with E-state index < -0.39 is 0 Å². The maximum Gasteiger partial charge on any atom is 0.115 e. The second kappa shape index (κ2) is 3.90.